The van der Waals surface area contributed by atoms with Gasteiger partial charge in [0, 0.05) is 6.07 Å². The third-order valence-corrected chi connectivity index (χ3v) is 1.88. The van der Waals surface area contributed by atoms with Crippen LogP contribution in [0, 0.1) is 6.20 Å². The largest absolute Gasteiger partial charge is 0.494 e. The van der Waals surface area contributed by atoms with Crippen LogP contribution in [0.5, 0.6) is 11.6 Å². The van der Waals surface area contributed by atoms with Crippen LogP contribution in [0.15, 0.2) is 30.3 Å². The molecule has 4 heteroatoms. The van der Waals surface area contributed by atoms with E-state index in [9.17, 15) is 5.11 Å². The summed E-state index contributed by atoms with van der Waals surface area (Å²) in [4.78, 5) is 0. The molecule has 2 rings (SSSR count). The highest BCUT2D eigenvalue weighted by atomic mass is 16.5. The molecular formula is C10H9N2O2. The second-order valence-corrected chi connectivity index (χ2v) is 2.72. The summed E-state index contributed by atoms with van der Waals surface area (Å²) < 4.78 is 6.50. The van der Waals surface area contributed by atoms with Crippen molar-refractivity contribution in [2.75, 3.05) is 7.11 Å². The Balaban J connectivity index is 2.56. The lowest BCUT2D eigenvalue weighted by atomic mass is 10.3. The number of hydrogen-bond acceptors (Lipinski definition) is 3. The van der Waals surface area contributed by atoms with Crippen LogP contribution in [0.4, 0.5) is 0 Å². The van der Waals surface area contributed by atoms with E-state index in [4.69, 9.17) is 4.74 Å². The van der Waals surface area contributed by atoms with Gasteiger partial charge in [0.15, 0.2) is 0 Å². The number of aromatic hydroxyl groups is 1. The molecule has 14 heavy (non-hydrogen) atoms. The van der Waals surface area contributed by atoms with E-state index in [2.05, 4.69) is 11.3 Å². The lowest BCUT2D eigenvalue weighted by Gasteiger charge is -2.07. The third kappa shape index (κ3) is 1.31. The molecule has 1 aromatic carbocycles. The molecule has 0 saturated carbocycles. The molecule has 0 aliphatic heterocycles. The topological polar surface area (TPSA) is 47.3 Å². The average Bonchev–Trinajstić information content (AvgIpc) is 2.64. The van der Waals surface area contributed by atoms with Gasteiger partial charge in [-0.15, -0.1) is 0 Å². The molecule has 0 aliphatic carbocycles. The Labute approximate surface area is 81.4 Å². The molecule has 0 unspecified atom stereocenters. The molecule has 1 heterocycles. The normalized spacial score (nSPS) is 10.1. The number of ether oxygens (including phenoxy) is 1. The maximum atomic E-state index is 9.44. The first-order valence-corrected chi connectivity index (χ1v) is 4.11. The molecule has 1 N–H and O–H groups in total. The van der Waals surface area contributed by atoms with Gasteiger partial charge in [-0.25, -0.2) is 0 Å². The predicted molar refractivity (Wildman–Crippen MR) is 50.6 cm³/mol. The van der Waals surface area contributed by atoms with Crippen molar-refractivity contribution in [3.8, 4) is 17.3 Å². The summed E-state index contributed by atoms with van der Waals surface area (Å²) in [5.41, 5.74) is 0.689. The van der Waals surface area contributed by atoms with Gasteiger partial charge in [0.25, 0.3) is 0 Å². The number of nitrogens with zero attached hydrogens (tertiary/aromatic N) is 2. The van der Waals surface area contributed by atoms with Crippen molar-refractivity contribution in [2.45, 2.75) is 0 Å². The number of aromatic nitrogens is 2. The Morgan fingerprint density at radius 2 is 2.21 bits per heavy atom. The fraction of sp³-hybridized carbons (Fsp3) is 0.100. The summed E-state index contributed by atoms with van der Waals surface area (Å²) in [6.07, 6.45) is 2.56. The molecule has 0 spiro atoms. The molecule has 0 aliphatic rings. The van der Waals surface area contributed by atoms with Crippen LogP contribution in [-0.2, 0) is 0 Å². The van der Waals surface area contributed by atoms with Gasteiger partial charge in [-0.1, -0.05) is 12.1 Å². The second kappa shape index (κ2) is 3.41. The van der Waals surface area contributed by atoms with E-state index in [1.807, 2.05) is 12.1 Å². The van der Waals surface area contributed by atoms with Crippen LogP contribution in [0.1, 0.15) is 0 Å². The smallest absolute Gasteiger partial charge is 0.214 e. The van der Waals surface area contributed by atoms with Crippen LogP contribution >= 0.6 is 0 Å². The van der Waals surface area contributed by atoms with E-state index in [0.29, 0.717) is 11.4 Å². The first-order chi connectivity index (χ1) is 6.83. The summed E-state index contributed by atoms with van der Waals surface area (Å²) in [7, 11) is 1.57. The maximum absolute atomic E-state index is 9.44. The zero-order valence-corrected chi connectivity index (χ0v) is 7.64. The van der Waals surface area contributed by atoms with Crippen molar-refractivity contribution in [1.82, 2.24) is 9.78 Å². The van der Waals surface area contributed by atoms with Crippen molar-refractivity contribution in [3.63, 3.8) is 0 Å². The van der Waals surface area contributed by atoms with Crippen molar-refractivity contribution >= 4 is 0 Å². The minimum absolute atomic E-state index is 0.0366. The highest BCUT2D eigenvalue weighted by Gasteiger charge is 2.07. The number of hydrogen-bond donors (Lipinski definition) is 1. The van der Waals surface area contributed by atoms with Crippen molar-refractivity contribution < 1.29 is 9.84 Å². The van der Waals surface area contributed by atoms with E-state index < -0.39 is 0 Å². The standard InChI is InChI=1S/C10H9N2O2/c1-14-9-5-3-2-4-8(9)12-10(13)6-7-11-12/h2-6,13H,1H3. The van der Waals surface area contributed by atoms with E-state index in [-0.39, 0.29) is 5.88 Å². The van der Waals surface area contributed by atoms with Gasteiger partial charge < -0.3 is 9.84 Å². The summed E-state index contributed by atoms with van der Waals surface area (Å²) >= 11 is 0. The van der Waals surface area contributed by atoms with Crippen LogP contribution in [0.3, 0.4) is 0 Å². The molecule has 1 aromatic heterocycles. The lowest BCUT2D eigenvalue weighted by Crippen LogP contribution is -1.98. The molecule has 2 aromatic rings. The second-order valence-electron chi connectivity index (χ2n) is 2.72. The van der Waals surface area contributed by atoms with Gasteiger partial charge in [-0.2, -0.15) is 9.78 Å². The van der Waals surface area contributed by atoms with Crippen LogP contribution < -0.4 is 4.74 Å². The van der Waals surface area contributed by atoms with Crippen molar-refractivity contribution in [3.05, 3.63) is 36.5 Å². The number of methoxy groups -OCH3 is 1. The van der Waals surface area contributed by atoms with Crippen molar-refractivity contribution in [2.24, 2.45) is 0 Å². The molecule has 71 valence electrons. The summed E-state index contributed by atoms with van der Waals surface area (Å²) in [6, 6.07) is 8.70. The first-order valence-electron chi connectivity index (χ1n) is 4.11. The lowest BCUT2D eigenvalue weighted by molar-refractivity contribution is 0.401. The number of para-hydroxylation sites is 2. The minimum atomic E-state index is 0.0366. The van der Waals surface area contributed by atoms with Gasteiger partial charge in [-0.05, 0) is 12.1 Å². The summed E-state index contributed by atoms with van der Waals surface area (Å²) in [6.45, 7) is 0. The number of rotatable bonds is 2. The molecule has 0 fully saturated rings. The van der Waals surface area contributed by atoms with Gasteiger partial charge in [0.2, 0.25) is 5.88 Å². The minimum Gasteiger partial charge on any atom is -0.494 e. The maximum Gasteiger partial charge on any atom is 0.214 e. The summed E-state index contributed by atoms with van der Waals surface area (Å²) in [5.74, 6) is 0.689. The zero-order valence-electron chi connectivity index (χ0n) is 7.64. The molecule has 0 bridgehead atoms. The fourth-order valence-corrected chi connectivity index (χ4v) is 1.24. The predicted octanol–water partition coefficient (Wildman–Crippen LogP) is 1.39. The van der Waals surface area contributed by atoms with E-state index in [0.717, 1.165) is 0 Å². The molecule has 4 nitrogen and oxygen atoms in total. The monoisotopic (exact) mass is 189 g/mol. The van der Waals surface area contributed by atoms with E-state index in [1.165, 1.54) is 10.7 Å². The Morgan fingerprint density at radius 3 is 2.86 bits per heavy atom. The van der Waals surface area contributed by atoms with Gasteiger partial charge >= 0.3 is 0 Å². The van der Waals surface area contributed by atoms with E-state index >= 15 is 0 Å². The molecule has 0 atom stereocenters. The molecule has 0 amide bonds. The molecule has 1 radical (unpaired) electrons. The molecular weight excluding hydrogens is 180 g/mol. The summed E-state index contributed by atoms with van der Waals surface area (Å²) in [5, 5.41) is 13.3. The highest BCUT2D eigenvalue weighted by Crippen LogP contribution is 2.24. The average molecular weight is 189 g/mol. The SMILES string of the molecule is COc1ccccc1-n1n[c]cc1O. The van der Waals surface area contributed by atoms with Crippen LogP contribution in [-0.4, -0.2) is 22.0 Å². The van der Waals surface area contributed by atoms with Gasteiger partial charge in [0.1, 0.15) is 17.6 Å². The van der Waals surface area contributed by atoms with Crippen LogP contribution in [0.2, 0.25) is 0 Å². The Bertz CT molecular complexity index is 437. The molecule has 0 saturated heterocycles. The van der Waals surface area contributed by atoms with Crippen molar-refractivity contribution in [1.29, 1.82) is 0 Å². The van der Waals surface area contributed by atoms with E-state index in [1.54, 1.807) is 19.2 Å². The third-order valence-electron chi connectivity index (χ3n) is 1.88. The Kier molecular flexibility index (Phi) is 2.10. The fourth-order valence-electron chi connectivity index (χ4n) is 1.24. The number of benzene rings is 1. The van der Waals surface area contributed by atoms with Crippen LogP contribution in [0.25, 0.3) is 5.69 Å². The Morgan fingerprint density at radius 1 is 1.43 bits per heavy atom. The van der Waals surface area contributed by atoms with Gasteiger partial charge in [-0.3, -0.25) is 0 Å². The van der Waals surface area contributed by atoms with Gasteiger partial charge in [0.05, 0.1) is 7.11 Å². The quantitative estimate of drug-likeness (QED) is 0.776. The Hall–Kier alpha value is -1.97. The highest BCUT2D eigenvalue weighted by molar-refractivity contribution is 5.47. The zero-order chi connectivity index (χ0) is 9.97. The first kappa shape index (κ1) is 8.62.